The van der Waals surface area contributed by atoms with Gasteiger partial charge in [-0.3, -0.25) is 4.68 Å². The first-order valence-electron chi connectivity index (χ1n) is 15.7. The monoisotopic (exact) mass is 647 g/mol. The number of esters is 1. The minimum atomic E-state index is -2.88. The number of rotatable bonds is 9. The van der Waals surface area contributed by atoms with Crippen molar-refractivity contribution < 1.29 is 27.1 Å². The molecule has 12 heteroatoms. The van der Waals surface area contributed by atoms with Crippen LogP contribution in [-0.2, 0) is 4.74 Å². The molecule has 45 heavy (non-hydrogen) atoms. The van der Waals surface area contributed by atoms with E-state index in [0.29, 0.717) is 24.5 Å². The third-order valence-electron chi connectivity index (χ3n) is 9.15. The highest BCUT2D eigenvalue weighted by Crippen LogP contribution is 2.49. The Morgan fingerprint density at radius 3 is 2.51 bits per heavy atom. The molecule has 1 aromatic heterocycles. The highest BCUT2D eigenvalue weighted by molar-refractivity contribution is 6.31. The molecule has 3 heterocycles. The molecule has 1 saturated carbocycles. The molecule has 7 nitrogen and oxygen atoms in total. The number of hydrogen-bond acceptors (Lipinski definition) is 6. The summed E-state index contributed by atoms with van der Waals surface area (Å²) in [4.78, 5) is 19.0. The third kappa shape index (κ3) is 6.94. The van der Waals surface area contributed by atoms with Crippen molar-refractivity contribution >= 4 is 28.9 Å². The molecule has 3 aromatic rings. The molecule has 0 amide bonds. The SMILES string of the molecule is CCOC(=O)c1cnn(C2CCCN(c3cc(Cl)ccc3-c3ccc(N4CCCN(CC5CC5(F)F)CC4)cc3)C2)c1C(F)F. The smallest absolute Gasteiger partial charge is 0.341 e. The minimum absolute atomic E-state index is 0.00977. The van der Waals surface area contributed by atoms with E-state index in [9.17, 15) is 22.4 Å². The van der Waals surface area contributed by atoms with E-state index in [4.69, 9.17) is 16.3 Å². The molecular weight excluding hydrogens is 610 g/mol. The lowest BCUT2D eigenvalue weighted by molar-refractivity contribution is 0.0512. The van der Waals surface area contributed by atoms with Gasteiger partial charge in [-0.2, -0.15) is 5.10 Å². The van der Waals surface area contributed by atoms with Crippen LogP contribution in [-0.4, -0.2) is 79.0 Å². The molecule has 0 N–H and O–H groups in total. The fraction of sp³-hybridized carbons (Fsp3) is 0.515. The molecule has 6 rings (SSSR count). The highest BCUT2D eigenvalue weighted by atomic mass is 35.5. The van der Waals surface area contributed by atoms with Gasteiger partial charge in [0, 0.05) is 73.6 Å². The molecule has 242 valence electrons. The molecule has 3 aliphatic rings. The van der Waals surface area contributed by atoms with Crippen molar-refractivity contribution in [1.82, 2.24) is 14.7 Å². The second-order valence-corrected chi connectivity index (χ2v) is 12.6. The van der Waals surface area contributed by atoms with Crippen LogP contribution in [0, 0.1) is 5.92 Å². The standard InChI is InChI=1S/C33H38ClF4N5O2/c1-2-45-32(44)28-19-39-43(30(28)31(35)36)26-5-3-13-42(21-26)29-17-24(34)8-11-27(29)22-6-9-25(10-7-22)41-14-4-12-40(15-16-41)20-23-18-33(23,37)38/h6-11,17,19,23,26,31H,2-5,12-16,18,20-21H2,1H3. The van der Waals surface area contributed by atoms with E-state index in [-0.39, 0.29) is 24.6 Å². The van der Waals surface area contributed by atoms with E-state index in [1.165, 1.54) is 10.9 Å². The normalized spacial score (nSPS) is 22.0. The number of anilines is 2. The number of hydrogen-bond donors (Lipinski definition) is 0. The first-order chi connectivity index (χ1) is 21.6. The molecule has 2 saturated heterocycles. The maximum atomic E-state index is 14.2. The first kappa shape index (κ1) is 31.7. The number of alkyl halides is 4. The molecular formula is C33H38ClF4N5O2. The Balaban J connectivity index is 1.18. The number of halogens is 5. The van der Waals surface area contributed by atoms with E-state index in [1.54, 1.807) is 6.92 Å². The average Bonchev–Trinajstić information content (AvgIpc) is 3.48. The van der Waals surface area contributed by atoms with Gasteiger partial charge in [-0.25, -0.2) is 22.4 Å². The van der Waals surface area contributed by atoms with Crippen molar-refractivity contribution in [3.63, 3.8) is 0 Å². The number of aromatic nitrogens is 2. The number of nitrogens with zero attached hydrogens (tertiary/aromatic N) is 5. The van der Waals surface area contributed by atoms with Crippen LogP contribution in [0.4, 0.5) is 28.9 Å². The minimum Gasteiger partial charge on any atom is -0.462 e. The Morgan fingerprint density at radius 1 is 1.04 bits per heavy atom. The zero-order chi connectivity index (χ0) is 31.7. The Hall–Kier alpha value is -3.31. The van der Waals surface area contributed by atoms with Crippen LogP contribution in [0.15, 0.2) is 48.7 Å². The van der Waals surface area contributed by atoms with Gasteiger partial charge in [-0.15, -0.1) is 0 Å². The summed E-state index contributed by atoms with van der Waals surface area (Å²) in [6.07, 6.45) is 0.618. The van der Waals surface area contributed by atoms with Gasteiger partial charge in [-0.05, 0) is 62.6 Å². The number of carbonyl (C=O) groups excluding carboxylic acids is 1. The summed E-state index contributed by atoms with van der Waals surface area (Å²) in [5.41, 5.74) is 3.34. The van der Waals surface area contributed by atoms with Gasteiger partial charge in [0.25, 0.3) is 12.3 Å². The largest absolute Gasteiger partial charge is 0.462 e. The van der Waals surface area contributed by atoms with Gasteiger partial charge >= 0.3 is 5.97 Å². The Kier molecular flexibility index (Phi) is 9.29. The van der Waals surface area contributed by atoms with E-state index in [2.05, 4.69) is 44.1 Å². The summed E-state index contributed by atoms with van der Waals surface area (Å²) >= 11 is 6.47. The van der Waals surface area contributed by atoms with Gasteiger partial charge in [-0.1, -0.05) is 29.8 Å². The Bertz CT molecular complexity index is 1500. The zero-order valence-electron chi connectivity index (χ0n) is 25.3. The summed E-state index contributed by atoms with van der Waals surface area (Å²) in [5, 5.41) is 4.79. The number of ether oxygens (including phenoxy) is 1. The van der Waals surface area contributed by atoms with Gasteiger partial charge in [0.15, 0.2) is 0 Å². The van der Waals surface area contributed by atoms with Crippen LogP contribution in [0.25, 0.3) is 11.1 Å². The number of piperidine rings is 1. The van der Waals surface area contributed by atoms with Gasteiger partial charge in [0.2, 0.25) is 0 Å². The van der Waals surface area contributed by atoms with Crippen LogP contribution >= 0.6 is 11.6 Å². The number of benzene rings is 2. The molecule has 2 unspecified atom stereocenters. The van der Waals surface area contributed by atoms with E-state index >= 15 is 0 Å². The fourth-order valence-electron chi connectivity index (χ4n) is 6.67. The van der Waals surface area contributed by atoms with Crippen molar-refractivity contribution in [2.45, 2.75) is 51.0 Å². The highest BCUT2D eigenvalue weighted by Gasteiger charge is 2.56. The second kappa shape index (κ2) is 13.2. The van der Waals surface area contributed by atoms with Crippen LogP contribution in [0.2, 0.25) is 5.02 Å². The van der Waals surface area contributed by atoms with E-state index in [0.717, 1.165) is 68.1 Å². The van der Waals surface area contributed by atoms with Gasteiger partial charge < -0.3 is 19.4 Å². The molecule has 1 aliphatic carbocycles. The molecule has 2 atom stereocenters. The van der Waals surface area contributed by atoms with Crippen LogP contribution in [0.5, 0.6) is 0 Å². The molecule has 3 fully saturated rings. The van der Waals surface area contributed by atoms with Crippen molar-refractivity contribution in [1.29, 1.82) is 0 Å². The van der Waals surface area contributed by atoms with Gasteiger partial charge in [0.1, 0.15) is 11.3 Å². The number of carbonyl (C=O) groups is 1. The lowest BCUT2D eigenvalue weighted by Gasteiger charge is -2.36. The van der Waals surface area contributed by atoms with Gasteiger partial charge in [0.05, 0.1) is 18.8 Å². The summed E-state index contributed by atoms with van der Waals surface area (Å²) in [6, 6.07) is 13.7. The predicted octanol–water partition coefficient (Wildman–Crippen LogP) is 7.33. The van der Waals surface area contributed by atoms with Crippen molar-refractivity contribution in [2.75, 3.05) is 62.2 Å². The summed E-state index contributed by atoms with van der Waals surface area (Å²) in [6.45, 7) is 6.56. The summed E-state index contributed by atoms with van der Waals surface area (Å²) in [5.74, 6) is -3.79. The molecule has 0 bridgehead atoms. The lowest BCUT2D eigenvalue weighted by Crippen LogP contribution is -2.38. The van der Waals surface area contributed by atoms with Crippen molar-refractivity contribution in [2.24, 2.45) is 5.92 Å². The zero-order valence-corrected chi connectivity index (χ0v) is 26.0. The molecule has 0 radical (unpaired) electrons. The topological polar surface area (TPSA) is 53.8 Å². The van der Waals surface area contributed by atoms with Crippen molar-refractivity contribution in [3.05, 3.63) is 64.9 Å². The molecule has 2 aromatic carbocycles. The molecule has 2 aliphatic heterocycles. The van der Waals surface area contributed by atoms with Crippen LogP contribution < -0.4 is 9.80 Å². The maximum absolute atomic E-state index is 14.2. The quantitative estimate of drug-likeness (QED) is 0.179. The van der Waals surface area contributed by atoms with E-state index in [1.807, 2.05) is 18.2 Å². The fourth-order valence-corrected chi connectivity index (χ4v) is 6.84. The second-order valence-electron chi connectivity index (χ2n) is 12.2. The molecule has 0 spiro atoms. The lowest BCUT2D eigenvalue weighted by atomic mass is 9.99. The summed E-state index contributed by atoms with van der Waals surface area (Å²) < 4.78 is 61.5. The Morgan fingerprint density at radius 2 is 1.80 bits per heavy atom. The maximum Gasteiger partial charge on any atom is 0.341 e. The average molecular weight is 648 g/mol. The van der Waals surface area contributed by atoms with E-state index < -0.39 is 29.9 Å². The first-order valence-corrected chi connectivity index (χ1v) is 16.0. The van der Waals surface area contributed by atoms with Crippen molar-refractivity contribution in [3.8, 4) is 11.1 Å². The third-order valence-corrected chi connectivity index (χ3v) is 9.38. The van der Waals surface area contributed by atoms with Crippen LogP contribution in [0.3, 0.4) is 0 Å². The summed E-state index contributed by atoms with van der Waals surface area (Å²) in [7, 11) is 0. The Labute approximate surface area is 265 Å². The predicted molar refractivity (Wildman–Crippen MR) is 167 cm³/mol. The van der Waals surface area contributed by atoms with Crippen LogP contribution in [0.1, 0.15) is 61.1 Å².